The van der Waals surface area contributed by atoms with Crippen molar-refractivity contribution in [2.24, 2.45) is 0 Å². The lowest BCUT2D eigenvalue weighted by Gasteiger charge is -2.19. The lowest BCUT2D eigenvalue weighted by Crippen LogP contribution is -2.28. The molecule has 0 aliphatic carbocycles. The van der Waals surface area contributed by atoms with Gasteiger partial charge in [-0.15, -0.1) is 0 Å². The Kier molecular flexibility index (Phi) is 7.79. The zero-order valence-corrected chi connectivity index (χ0v) is 22.5. The molecule has 0 bridgehead atoms. The molecule has 9 heteroatoms. The van der Waals surface area contributed by atoms with Gasteiger partial charge in [0.05, 0.1) is 24.3 Å². The third kappa shape index (κ3) is 6.04. The summed E-state index contributed by atoms with van der Waals surface area (Å²) < 4.78 is 11.5. The number of hydrogen-bond acceptors (Lipinski definition) is 7. The molecular formula is C30H35N3O6. The topological polar surface area (TPSA) is 107 Å². The first-order chi connectivity index (χ1) is 18.8. The highest BCUT2D eigenvalue weighted by Crippen LogP contribution is 2.33. The molecule has 5 rings (SSSR count). The molecule has 1 aromatic heterocycles. The Balaban J connectivity index is 1.23. The van der Waals surface area contributed by atoms with Gasteiger partial charge in [0, 0.05) is 32.7 Å². The summed E-state index contributed by atoms with van der Waals surface area (Å²) in [5, 5.41) is 20.9. The smallest absolute Gasteiger partial charge is 0.258 e. The number of rotatable bonds is 9. The number of phenolic OH excluding ortho intramolecular Hbond substituents is 2. The molecule has 0 radical (unpaired) electrons. The summed E-state index contributed by atoms with van der Waals surface area (Å²) in [4.78, 5) is 32.0. The monoisotopic (exact) mass is 533 g/mol. The third-order valence-electron chi connectivity index (χ3n) is 7.38. The zero-order valence-electron chi connectivity index (χ0n) is 22.5. The molecule has 0 spiro atoms. The first-order valence-corrected chi connectivity index (χ1v) is 13.4. The van der Waals surface area contributed by atoms with Crippen LogP contribution in [0.4, 0.5) is 0 Å². The molecule has 1 fully saturated rings. The van der Waals surface area contributed by atoms with Crippen molar-refractivity contribution < 1.29 is 29.0 Å². The van der Waals surface area contributed by atoms with Gasteiger partial charge < -0.3 is 34.1 Å². The third-order valence-corrected chi connectivity index (χ3v) is 7.38. The van der Waals surface area contributed by atoms with Crippen molar-refractivity contribution in [1.29, 1.82) is 0 Å². The van der Waals surface area contributed by atoms with Crippen LogP contribution < -0.4 is 4.74 Å². The van der Waals surface area contributed by atoms with Gasteiger partial charge in [-0.1, -0.05) is 6.07 Å². The van der Waals surface area contributed by atoms with Crippen LogP contribution in [0.5, 0.6) is 17.2 Å². The van der Waals surface area contributed by atoms with E-state index in [2.05, 4.69) is 4.90 Å². The number of nitrogens with zero attached hydrogens (tertiary/aromatic N) is 3. The van der Waals surface area contributed by atoms with Crippen molar-refractivity contribution in [3.63, 3.8) is 0 Å². The second kappa shape index (κ2) is 11.4. The molecule has 9 nitrogen and oxygen atoms in total. The van der Waals surface area contributed by atoms with E-state index in [1.54, 1.807) is 24.1 Å². The molecule has 1 saturated heterocycles. The van der Waals surface area contributed by atoms with Crippen molar-refractivity contribution in [1.82, 2.24) is 14.7 Å². The number of aromatic hydroxyl groups is 2. The lowest BCUT2D eigenvalue weighted by atomic mass is 10.1. The number of hydrogen-bond donors (Lipinski definition) is 2. The summed E-state index contributed by atoms with van der Waals surface area (Å²) in [7, 11) is 1.58. The van der Waals surface area contributed by atoms with Crippen molar-refractivity contribution in [2.75, 3.05) is 33.3 Å². The highest BCUT2D eigenvalue weighted by atomic mass is 16.5. The van der Waals surface area contributed by atoms with Gasteiger partial charge in [-0.05, 0) is 80.7 Å². The Morgan fingerprint density at radius 1 is 0.974 bits per heavy atom. The number of fused-ring (bicyclic) bond motifs is 1. The second-order valence-corrected chi connectivity index (χ2v) is 10.4. The first kappa shape index (κ1) is 26.6. The van der Waals surface area contributed by atoms with E-state index in [-0.39, 0.29) is 23.4 Å². The maximum absolute atomic E-state index is 13.4. The summed E-state index contributed by atoms with van der Waals surface area (Å²) in [6.07, 6.45) is 3.53. The molecule has 206 valence electrons. The lowest BCUT2D eigenvalue weighted by molar-refractivity contribution is 0.0748. The minimum absolute atomic E-state index is 0.0374. The summed E-state index contributed by atoms with van der Waals surface area (Å²) >= 11 is 0. The van der Waals surface area contributed by atoms with Crippen LogP contribution in [0.15, 0.2) is 46.9 Å². The van der Waals surface area contributed by atoms with E-state index in [4.69, 9.17) is 9.15 Å². The SMILES string of the molecule is Cc1ccc(CN(C)C(=O)c2cc(C(=O)N3Cc4ccc(OCCCN5CCCC5)cc4C3)c(O)cc2O)o1. The Morgan fingerprint density at radius 2 is 1.72 bits per heavy atom. The summed E-state index contributed by atoms with van der Waals surface area (Å²) in [5.74, 6) is 0.419. The average molecular weight is 534 g/mol. The molecular weight excluding hydrogens is 498 g/mol. The standard InChI is InChI=1S/C30H35N3O6/c1-20-6-8-24(39-20)19-31(2)29(36)25-15-26(28(35)16-27(25)34)30(37)33-17-21-7-9-23(14-22(21)18-33)38-13-5-12-32-10-3-4-11-32/h6-9,14-16,34-35H,3-5,10-13,17-19H2,1-2H3. The van der Waals surface area contributed by atoms with Crippen molar-refractivity contribution in [2.45, 2.75) is 45.8 Å². The fraction of sp³-hybridized carbons (Fsp3) is 0.400. The van der Waals surface area contributed by atoms with E-state index in [0.717, 1.165) is 41.7 Å². The van der Waals surface area contributed by atoms with Gasteiger partial charge in [0.15, 0.2) is 0 Å². The van der Waals surface area contributed by atoms with Gasteiger partial charge in [0.25, 0.3) is 11.8 Å². The molecule has 0 unspecified atom stereocenters. The molecule has 0 atom stereocenters. The van der Waals surface area contributed by atoms with Crippen LogP contribution in [0, 0.1) is 6.92 Å². The van der Waals surface area contributed by atoms with Crippen LogP contribution in [0.3, 0.4) is 0 Å². The fourth-order valence-electron chi connectivity index (χ4n) is 5.26. The number of carbonyl (C=O) groups excluding carboxylic acids is 2. The molecule has 3 heterocycles. The normalized spacial score (nSPS) is 15.0. The number of aryl methyl sites for hydroxylation is 1. The molecule has 39 heavy (non-hydrogen) atoms. The van der Waals surface area contributed by atoms with Crippen LogP contribution in [0.25, 0.3) is 0 Å². The Hall–Kier alpha value is -3.98. The van der Waals surface area contributed by atoms with Gasteiger partial charge in [-0.3, -0.25) is 9.59 Å². The van der Waals surface area contributed by atoms with E-state index >= 15 is 0 Å². The van der Waals surface area contributed by atoms with Crippen molar-refractivity contribution in [3.8, 4) is 17.2 Å². The highest BCUT2D eigenvalue weighted by Gasteiger charge is 2.29. The largest absolute Gasteiger partial charge is 0.507 e. The zero-order chi connectivity index (χ0) is 27.5. The van der Waals surface area contributed by atoms with Crippen molar-refractivity contribution in [3.05, 3.63) is 76.2 Å². The maximum Gasteiger partial charge on any atom is 0.258 e. The second-order valence-electron chi connectivity index (χ2n) is 10.4. The van der Waals surface area contributed by atoms with Crippen LogP contribution in [0.2, 0.25) is 0 Å². The number of amides is 2. The minimum Gasteiger partial charge on any atom is -0.507 e. The van der Waals surface area contributed by atoms with Crippen LogP contribution in [0.1, 0.15) is 62.6 Å². The number of phenols is 2. The highest BCUT2D eigenvalue weighted by molar-refractivity contribution is 6.03. The Bertz CT molecular complexity index is 1360. The predicted molar refractivity (Wildman–Crippen MR) is 145 cm³/mol. The number of furan rings is 1. The quantitative estimate of drug-likeness (QED) is 0.395. The van der Waals surface area contributed by atoms with Crippen LogP contribution in [-0.2, 0) is 19.6 Å². The Morgan fingerprint density at radius 3 is 2.46 bits per heavy atom. The first-order valence-electron chi connectivity index (χ1n) is 13.4. The van der Waals surface area contributed by atoms with E-state index in [1.807, 2.05) is 25.1 Å². The predicted octanol–water partition coefficient (Wildman–Crippen LogP) is 4.29. The van der Waals surface area contributed by atoms with Gasteiger partial charge in [-0.25, -0.2) is 0 Å². The molecule has 2 amide bonds. The van der Waals surface area contributed by atoms with Gasteiger partial charge in [0.2, 0.25) is 0 Å². The maximum atomic E-state index is 13.4. The Labute approximate surface area is 228 Å². The molecule has 2 N–H and O–H groups in total. The van der Waals surface area contributed by atoms with E-state index < -0.39 is 17.6 Å². The number of benzene rings is 2. The van der Waals surface area contributed by atoms with Gasteiger partial charge in [-0.2, -0.15) is 0 Å². The number of ether oxygens (including phenoxy) is 1. The fourth-order valence-corrected chi connectivity index (χ4v) is 5.26. The molecule has 2 aromatic carbocycles. The van der Waals surface area contributed by atoms with Crippen molar-refractivity contribution >= 4 is 11.8 Å². The summed E-state index contributed by atoms with van der Waals surface area (Å²) in [6, 6.07) is 11.8. The molecule has 2 aliphatic heterocycles. The average Bonchev–Trinajstić information content (AvgIpc) is 3.67. The van der Waals surface area contributed by atoms with E-state index in [9.17, 15) is 19.8 Å². The van der Waals surface area contributed by atoms with E-state index in [1.165, 1.54) is 36.9 Å². The molecule has 0 saturated carbocycles. The van der Waals surface area contributed by atoms with Gasteiger partial charge in [0.1, 0.15) is 28.8 Å². The van der Waals surface area contributed by atoms with E-state index in [0.29, 0.717) is 25.5 Å². The van der Waals surface area contributed by atoms with Crippen LogP contribution in [-0.4, -0.2) is 70.0 Å². The molecule has 3 aromatic rings. The number of carbonyl (C=O) groups is 2. The summed E-state index contributed by atoms with van der Waals surface area (Å²) in [5.41, 5.74) is 1.90. The molecule has 2 aliphatic rings. The minimum atomic E-state index is -0.494. The van der Waals surface area contributed by atoms with Crippen LogP contribution >= 0.6 is 0 Å². The summed E-state index contributed by atoms with van der Waals surface area (Å²) in [6.45, 7) is 6.80. The van der Waals surface area contributed by atoms with Gasteiger partial charge >= 0.3 is 0 Å². The number of likely N-dealkylation sites (tertiary alicyclic amines) is 1.